The van der Waals surface area contributed by atoms with Crippen molar-refractivity contribution in [1.29, 1.82) is 0 Å². The molecule has 3 N–H and O–H groups in total. The first-order valence-corrected chi connectivity index (χ1v) is 16.8. The molecule has 1 saturated carbocycles. The molecule has 0 atom stereocenters. The maximum Gasteiger partial charge on any atom is 0.393 e. The maximum absolute atomic E-state index is 14.8. The van der Waals surface area contributed by atoms with E-state index in [0.29, 0.717) is 16.1 Å². The van der Waals surface area contributed by atoms with Gasteiger partial charge in [-0.1, -0.05) is 24.0 Å². The van der Waals surface area contributed by atoms with E-state index in [2.05, 4.69) is 32.2 Å². The van der Waals surface area contributed by atoms with Gasteiger partial charge in [-0.05, 0) is 42.7 Å². The Hall–Kier alpha value is -4.05. The fourth-order valence-corrected chi connectivity index (χ4v) is 7.67. The number of hydrogen-bond donors (Lipinski definition) is 3. The van der Waals surface area contributed by atoms with Gasteiger partial charge in [0, 0.05) is 44.2 Å². The zero-order valence-electron chi connectivity index (χ0n) is 24.8. The molecule has 0 radical (unpaired) electrons. The van der Waals surface area contributed by atoms with E-state index in [9.17, 15) is 30.8 Å². The largest absolute Gasteiger partial charge is 0.424 e. The molecule has 2 aromatic carbocycles. The fourth-order valence-electron chi connectivity index (χ4n) is 5.44. The van der Waals surface area contributed by atoms with Crippen molar-refractivity contribution in [3.05, 3.63) is 58.0 Å². The monoisotopic (exact) mass is 677 g/mol. The van der Waals surface area contributed by atoms with Crippen molar-refractivity contribution >= 4 is 48.7 Å². The summed E-state index contributed by atoms with van der Waals surface area (Å²) in [5, 5.41) is 6.81. The molecule has 5 rings (SSSR count). The third-order valence-corrected chi connectivity index (χ3v) is 10.2. The third-order valence-electron chi connectivity index (χ3n) is 7.60. The number of thiophene rings is 1. The van der Waals surface area contributed by atoms with E-state index in [1.807, 2.05) is 6.07 Å². The van der Waals surface area contributed by atoms with Crippen LogP contribution in [0.2, 0.25) is 0 Å². The van der Waals surface area contributed by atoms with Crippen LogP contribution in [0.15, 0.2) is 35.2 Å². The molecule has 0 bridgehead atoms. The highest BCUT2D eigenvalue weighted by atomic mass is 32.2. The smallest absolute Gasteiger partial charge is 0.393 e. The summed E-state index contributed by atoms with van der Waals surface area (Å²) in [4.78, 5) is 16.2. The molecule has 15 heteroatoms. The van der Waals surface area contributed by atoms with Gasteiger partial charge >= 0.3 is 12.9 Å². The highest BCUT2D eigenvalue weighted by Gasteiger charge is 2.33. The number of rotatable bonds is 10. The number of hydrogen-bond acceptors (Lipinski definition) is 8. The van der Waals surface area contributed by atoms with Crippen molar-refractivity contribution in [3.8, 4) is 17.6 Å². The summed E-state index contributed by atoms with van der Waals surface area (Å²) in [6.07, 6.45) is -1.22. The van der Waals surface area contributed by atoms with E-state index in [0.717, 1.165) is 50.7 Å². The molecule has 2 aliphatic rings. The molecule has 0 unspecified atom stereocenters. The van der Waals surface area contributed by atoms with E-state index < -0.39 is 46.0 Å². The zero-order chi connectivity index (χ0) is 33.1. The van der Waals surface area contributed by atoms with Gasteiger partial charge < -0.3 is 20.3 Å². The molecule has 9 nitrogen and oxygen atoms in total. The minimum Gasteiger partial charge on any atom is -0.424 e. The molecule has 2 fully saturated rings. The number of anilines is 2. The Labute approximate surface area is 268 Å². The first-order chi connectivity index (χ1) is 21.8. The van der Waals surface area contributed by atoms with Gasteiger partial charge in [-0.2, -0.15) is 13.2 Å². The van der Waals surface area contributed by atoms with Gasteiger partial charge in [0.15, 0.2) is 5.75 Å². The van der Waals surface area contributed by atoms with Crippen LogP contribution in [0.3, 0.4) is 0 Å². The standard InChI is InChI=1S/C31H31F4N5O4S2/c1-19(41)39-46(42,43)29-16-27(44-18-36-2)26(15-24(29)32)37-12-4-7-28-23(17-31(33,34)35)22-5-3-6-25(30(22)45-28)38-20-10-13-40(14-11-20)21-8-9-21/h3,5-6,15-16,20-21,37-38H,8-14,17-18H2,1H3,(H,39,41). The number of ether oxygens (including phenoxy) is 1. The van der Waals surface area contributed by atoms with Gasteiger partial charge in [-0.15, -0.1) is 11.3 Å². The van der Waals surface area contributed by atoms with Gasteiger partial charge in [0.05, 0.1) is 33.9 Å². The highest BCUT2D eigenvalue weighted by molar-refractivity contribution is 7.90. The number of carbonyl (C=O) groups is 1. The second-order valence-corrected chi connectivity index (χ2v) is 13.8. The Morgan fingerprint density at radius 2 is 1.91 bits per heavy atom. The van der Waals surface area contributed by atoms with Crippen LogP contribution < -0.4 is 20.1 Å². The second-order valence-electron chi connectivity index (χ2n) is 11.1. The number of halogens is 4. The van der Waals surface area contributed by atoms with E-state index in [4.69, 9.17) is 11.3 Å². The molecular formula is C31H31F4N5O4S2. The maximum atomic E-state index is 14.8. The van der Waals surface area contributed by atoms with Gasteiger partial charge in [-0.3, -0.25) is 9.64 Å². The van der Waals surface area contributed by atoms with Crippen molar-refractivity contribution < 1.29 is 35.5 Å². The molecule has 1 aromatic heterocycles. The molecule has 2 heterocycles. The zero-order valence-corrected chi connectivity index (χ0v) is 26.4. The van der Waals surface area contributed by atoms with Crippen molar-refractivity contribution in [2.75, 3.05) is 37.0 Å². The average molecular weight is 678 g/mol. The van der Waals surface area contributed by atoms with Crippen LogP contribution in [0.1, 0.15) is 43.0 Å². The molecule has 46 heavy (non-hydrogen) atoms. The molecule has 1 aliphatic carbocycles. The summed E-state index contributed by atoms with van der Waals surface area (Å²) >= 11 is 1.17. The lowest BCUT2D eigenvalue weighted by molar-refractivity contribution is -0.127. The van der Waals surface area contributed by atoms with Crippen molar-refractivity contribution in [2.45, 2.75) is 62.2 Å². The number of piperidine rings is 1. The van der Waals surface area contributed by atoms with Crippen LogP contribution in [0.5, 0.6) is 5.75 Å². The number of amides is 1. The van der Waals surface area contributed by atoms with Crippen LogP contribution in [-0.4, -0.2) is 63.8 Å². The molecule has 244 valence electrons. The number of likely N-dealkylation sites (tertiary alicyclic amines) is 1. The second kappa shape index (κ2) is 13.7. The first kappa shape index (κ1) is 33.3. The number of nitrogens with one attached hydrogen (secondary N) is 3. The highest BCUT2D eigenvalue weighted by Crippen LogP contribution is 2.40. The van der Waals surface area contributed by atoms with Crippen LogP contribution >= 0.6 is 11.3 Å². The summed E-state index contributed by atoms with van der Waals surface area (Å²) in [6.45, 7) is 9.22. The molecule has 0 spiro atoms. The topological polar surface area (TPSA) is 104 Å². The third kappa shape index (κ3) is 8.20. The Morgan fingerprint density at radius 3 is 2.57 bits per heavy atom. The van der Waals surface area contributed by atoms with E-state index in [1.165, 1.54) is 24.2 Å². The average Bonchev–Trinajstić information content (AvgIpc) is 3.77. The molecule has 1 saturated heterocycles. The van der Waals surface area contributed by atoms with Crippen LogP contribution in [0, 0.1) is 24.2 Å². The van der Waals surface area contributed by atoms with Crippen LogP contribution in [0.25, 0.3) is 14.9 Å². The minimum absolute atomic E-state index is 0.0386. The predicted molar refractivity (Wildman–Crippen MR) is 168 cm³/mol. The fraction of sp³-hybridized carbons (Fsp3) is 0.419. The van der Waals surface area contributed by atoms with Gasteiger partial charge in [0.2, 0.25) is 5.91 Å². The van der Waals surface area contributed by atoms with Crippen LogP contribution in [0.4, 0.5) is 28.9 Å². The Bertz CT molecular complexity index is 1830. The van der Waals surface area contributed by atoms with Crippen molar-refractivity contribution in [1.82, 2.24) is 9.62 Å². The molecule has 3 aromatic rings. The SMILES string of the molecule is [C-]#[N+]COc1cc(S(=O)(=O)NC(C)=O)c(F)cc1NCC#Cc1sc2c(NC3CCN(C4CC4)CC3)cccc2c1CC(F)(F)F. The predicted octanol–water partition coefficient (Wildman–Crippen LogP) is 5.73. The van der Waals surface area contributed by atoms with E-state index >= 15 is 0 Å². The van der Waals surface area contributed by atoms with Crippen molar-refractivity contribution in [3.63, 3.8) is 0 Å². The number of sulfonamides is 1. The van der Waals surface area contributed by atoms with Gasteiger partial charge in [0.1, 0.15) is 10.7 Å². The van der Waals surface area contributed by atoms with Gasteiger partial charge in [0.25, 0.3) is 10.0 Å². The number of carbonyl (C=O) groups excluding carboxylic acids is 1. The Balaban J connectivity index is 1.38. The summed E-state index contributed by atoms with van der Waals surface area (Å²) in [7, 11) is -4.55. The molecule has 1 aliphatic heterocycles. The number of alkyl halides is 3. The lowest BCUT2D eigenvalue weighted by atomic mass is 10.0. The minimum atomic E-state index is -4.55. The van der Waals surface area contributed by atoms with Crippen molar-refractivity contribution in [2.24, 2.45) is 0 Å². The first-order valence-electron chi connectivity index (χ1n) is 14.5. The molecular weight excluding hydrogens is 646 g/mol. The van der Waals surface area contributed by atoms with Gasteiger partial charge in [-0.25, -0.2) is 24.1 Å². The summed E-state index contributed by atoms with van der Waals surface area (Å²) < 4.78 is 88.2. The van der Waals surface area contributed by atoms with E-state index in [-0.39, 0.29) is 34.5 Å². The summed E-state index contributed by atoms with van der Waals surface area (Å²) in [6, 6.07) is 7.84. The molecule has 1 amide bonds. The lowest BCUT2D eigenvalue weighted by Crippen LogP contribution is -2.40. The lowest BCUT2D eigenvalue weighted by Gasteiger charge is -2.33. The Morgan fingerprint density at radius 1 is 1.17 bits per heavy atom. The number of benzene rings is 2. The van der Waals surface area contributed by atoms with Crippen LogP contribution in [-0.2, 0) is 21.2 Å². The van der Waals surface area contributed by atoms with E-state index in [1.54, 1.807) is 16.9 Å². The quantitative estimate of drug-likeness (QED) is 0.143. The Kier molecular flexibility index (Phi) is 9.96. The number of nitrogens with zero attached hydrogens (tertiary/aromatic N) is 2. The number of fused-ring (bicyclic) bond motifs is 1. The normalized spacial score (nSPS) is 15.9. The summed E-state index contributed by atoms with van der Waals surface area (Å²) in [5.41, 5.74) is 0.809. The summed E-state index contributed by atoms with van der Waals surface area (Å²) in [5.74, 6) is 3.29.